The number of amides is 1. The zero-order valence-corrected chi connectivity index (χ0v) is 15.4. The Morgan fingerprint density at radius 3 is 2.59 bits per heavy atom. The highest BCUT2D eigenvalue weighted by atomic mass is 16.6. The summed E-state index contributed by atoms with van der Waals surface area (Å²) in [4.78, 5) is 26.2. The summed E-state index contributed by atoms with van der Waals surface area (Å²) in [6, 6.07) is -1.27. The summed E-state index contributed by atoms with van der Waals surface area (Å²) in [5, 5.41) is 36.1. The molecule has 12 nitrogen and oxygen atoms in total. The van der Waals surface area contributed by atoms with Crippen LogP contribution in [0.3, 0.4) is 0 Å². The van der Waals surface area contributed by atoms with Gasteiger partial charge in [-0.3, -0.25) is 0 Å². The van der Waals surface area contributed by atoms with Crippen molar-refractivity contribution in [2.45, 2.75) is 56.8 Å². The number of nitrogens with one attached hydrogen (secondary N) is 1. The lowest BCUT2D eigenvalue weighted by atomic mass is 9.94. The first kappa shape index (κ1) is 22.5. The Kier molecular flexibility index (Phi) is 7.85. The fourth-order valence-electron chi connectivity index (χ4n) is 2.27. The highest BCUT2D eigenvalue weighted by molar-refractivity contribution is 5.86. The van der Waals surface area contributed by atoms with Crippen molar-refractivity contribution >= 4 is 12.1 Å². The zero-order valence-electron chi connectivity index (χ0n) is 15.4. The third-order valence-electron chi connectivity index (χ3n) is 3.44. The predicted octanol–water partition coefficient (Wildman–Crippen LogP) is -0.272. The third-order valence-corrected chi connectivity index (χ3v) is 3.44. The monoisotopic (exact) mass is 388 g/mol. The number of carbonyl (C=O) groups excluding carboxylic acids is 2. The highest BCUT2D eigenvalue weighted by Crippen LogP contribution is 2.24. The molecule has 152 valence electrons. The van der Waals surface area contributed by atoms with Crippen LogP contribution in [0.15, 0.2) is 16.9 Å². The van der Waals surface area contributed by atoms with E-state index in [2.05, 4.69) is 20.1 Å². The fraction of sp³-hybridized carbons (Fsp3) is 0.733. The van der Waals surface area contributed by atoms with Crippen molar-refractivity contribution in [3.63, 3.8) is 0 Å². The first-order valence-electron chi connectivity index (χ1n) is 8.01. The van der Waals surface area contributed by atoms with Gasteiger partial charge >= 0.3 is 12.1 Å². The highest BCUT2D eigenvalue weighted by Gasteiger charge is 2.44. The molecule has 4 N–H and O–H groups in total. The molecule has 0 aromatic rings. The van der Waals surface area contributed by atoms with Gasteiger partial charge in [0, 0.05) is 4.91 Å². The molecule has 1 rings (SSSR count). The number of hydrogen-bond acceptors (Lipinski definition) is 9. The Morgan fingerprint density at radius 2 is 2.07 bits per heavy atom. The molecule has 1 aliphatic rings. The number of methoxy groups -OCH3 is 1. The molecule has 5 atom stereocenters. The van der Waals surface area contributed by atoms with E-state index in [1.807, 2.05) is 0 Å². The van der Waals surface area contributed by atoms with Gasteiger partial charge in [-0.1, -0.05) is 5.11 Å². The van der Waals surface area contributed by atoms with Crippen LogP contribution in [0.25, 0.3) is 10.4 Å². The molecule has 0 unspecified atom stereocenters. The summed E-state index contributed by atoms with van der Waals surface area (Å²) in [5.74, 6) is -1.33. The second-order valence-electron chi connectivity index (χ2n) is 6.74. The molecular weight excluding hydrogens is 364 g/mol. The summed E-state index contributed by atoms with van der Waals surface area (Å²) in [5.41, 5.74) is 7.50. The standard InChI is InChI=1S/C15H24N4O8/c1-15(2,3)27-14(24)18-10-7(20)5-9(13(23)25-4)26-12(10)11(22)8(21)6-17-19-16/h5,7-8,10-12,20-22H,6H2,1-4H3,(H,18,24)/t7-,8+,10+,11+,12+/m0/s1. The number of carbonyl (C=O) groups is 2. The molecule has 12 heteroatoms. The Hall–Kier alpha value is -2.53. The third kappa shape index (κ3) is 6.61. The van der Waals surface area contributed by atoms with Crippen LogP contribution in [0.4, 0.5) is 4.79 Å². The number of esters is 1. The summed E-state index contributed by atoms with van der Waals surface area (Å²) < 4.78 is 14.9. The molecule has 0 saturated heterocycles. The molecule has 27 heavy (non-hydrogen) atoms. The first-order chi connectivity index (χ1) is 12.5. The first-order valence-corrected chi connectivity index (χ1v) is 8.01. The van der Waals surface area contributed by atoms with Gasteiger partial charge in [0.25, 0.3) is 0 Å². The van der Waals surface area contributed by atoms with Crippen LogP contribution in [0.1, 0.15) is 20.8 Å². The van der Waals surface area contributed by atoms with Crippen LogP contribution in [0, 0.1) is 0 Å². The number of azide groups is 1. The van der Waals surface area contributed by atoms with Gasteiger partial charge in [-0.05, 0) is 32.4 Å². The Balaban J connectivity index is 3.09. The van der Waals surface area contributed by atoms with Crippen molar-refractivity contribution in [2.24, 2.45) is 5.11 Å². The lowest BCUT2D eigenvalue weighted by molar-refractivity contribution is -0.149. The number of ether oxygens (including phenoxy) is 3. The SMILES string of the molecule is COC(=O)C1=C[C@H](O)[C@@H](NC(=O)OC(C)(C)C)[C@H]([C@H](O)[C@H](O)CN=[N+]=[N-])O1. The number of aliphatic hydroxyl groups excluding tert-OH is 3. The van der Waals surface area contributed by atoms with Crippen molar-refractivity contribution in [3.8, 4) is 0 Å². The van der Waals surface area contributed by atoms with E-state index < -0.39 is 60.4 Å². The van der Waals surface area contributed by atoms with E-state index in [0.29, 0.717) is 0 Å². The topological polar surface area (TPSA) is 183 Å². The summed E-state index contributed by atoms with van der Waals surface area (Å²) in [6.45, 7) is 4.40. The summed E-state index contributed by atoms with van der Waals surface area (Å²) in [7, 11) is 1.09. The average Bonchev–Trinajstić information content (AvgIpc) is 2.58. The maximum Gasteiger partial charge on any atom is 0.408 e. The van der Waals surface area contributed by atoms with Crippen molar-refractivity contribution in [2.75, 3.05) is 13.7 Å². The maximum absolute atomic E-state index is 12.0. The number of hydrogen-bond donors (Lipinski definition) is 4. The zero-order chi connectivity index (χ0) is 20.8. The molecule has 0 radical (unpaired) electrons. The molecule has 0 aromatic heterocycles. The van der Waals surface area contributed by atoms with Gasteiger partial charge < -0.3 is 34.8 Å². The molecule has 0 fully saturated rings. The van der Waals surface area contributed by atoms with Gasteiger partial charge in [0.15, 0.2) is 6.10 Å². The van der Waals surface area contributed by atoms with Crippen LogP contribution in [-0.2, 0) is 19.0 Å². The number of nitrogens with zero attached hydrogens (tertiary/aromatic N) is 3. The van der Waals surface area contributed by atoms with Crippen molar-refractivity contribution < 1.29 is 39.1 Å². The van der Waals surface area contributed by atoms with Gasteiger partial charge in [0.2, 0.25) is 5.76 Å². The normalized spacial score (nSPS) is 24.4. The molecule has 1 heterocycles. The lowest BCUT2D eigenvalue weighted by Gasteiger charge is -2.38. The maximum atomic E-state index is 12.0. The smallest absolute Gasteiger partial charge is 0.408 e. The lowest BCUT2D eigenvalue weighted by Crippen LogP contribution is -2.60. The Bertz CT molecular complexity index is 626. The van der Waals surface area contributed by atoms with Crippen molar-refractivity contribution in [1.82, 2.24) is 5.32 Å². The quantitative estimate of drug-likeness (QED) is 0.207. The molecule has 0 saturated carbocycles. The van der Waals surface area contributed by atoms with Gasteiger partial charge in [-0.25, -0.2) is 9.59 Å². The predicted molar refractivity (Wildman–Crippen MR) is 90.2 cm³/mol. The van der Waals surface area contributed by atoms with Gasteiger partial charge in [-0.15, -0.1) is 0 Å². The van der Waals surface area contributed by atoms with Crippen molar-refractivity contribution in [3.05, 3.63) is 22.3 Å². The number of rotatable bonds is 6. The summed E-state index contributed by atoms with van der Waals surface area (Å²) in [6.07, 6.45) is -6.15. The van der Waals surface area contributed by atoms with Crippen LogP contribution >= 0.6 is 0 Å². The van der Waals surface area contributed by atoms with Crippen LogP contribution in [0.5, 0.6) is 0 Å². The van der Waals surface area contributed by atoms with E-state index >= 15 is 0 Å². The van der Waals surface area contributed by atoms with E-state index in [1.54, 1.807) is 20.8 Å². The van der Waals surface area contributed by atoms with E-state index in [9.17, 15) is 24.9 Å². The van der Waals surface area contributed by atoms with Crippen LogP contribution in [-0.4, -0.2) is 77.1 Å². The molecule has 1 amide bonds. The molecule has 0 bridgehead atoms. The van der Waals surface area contributed by atoms with Crippen LogP contribution < -0.4 is 5.32 Å². The molecular formula is C15H24N4O8. The van der Waals surface area contributed by atoms with Gasteiger partial charge in [0.1, 0.15) is 23.9 Å². The van der Waals surface area contributed by atoms with Crippen LogP contribution in [0.2, 0.25) is 0 Å². The van der Waals surface area contributed by atoms with E-state index in [-0.39, 0.29) is 0 Å². The second kappa shape index (κ2) is 9.42. The minimum Gasteiger partial charge on any atom is -0.478 e. The number of aliphatic hydroxyl groups is 3. The molecule has 0 spiro atoms. The van der Waals surface area contributed by atoms with Gasteiger partial charge in [0.05, 0.1) is 19.8 Å². The summed E-state index contributed by atoms with van der Waals surface area (Å²) >= 11 is 0. The fourth-order valence-corrected chi connectivity index (χ4v) is 2.27. The second-order valence-corrected chi connectivity index (χ2v) is 6.74. The molecule has 0 aliphatic carbocycles. The van der Waals surface area contributed by atoms with E-state index in [4.69, 9.17) is 15.0 Å². The minimum absolute atomic E-state index is 0.410. The Labute approximate surface area is 155 Å². The number of alkyl carbamates (subject to hydrolysis) is 1. The largest absolute Gasteiger partial charge is 0.478 e. The average molecular weight is 388 g/mol. The Morgan fingerprint density at radius 1 is 1.44 bits per heavy atom. The van der Waals surface area contributed by atoms with Crippen molar-refractivity contribution in [1.29, 1.82) is 0 Å². The van der Waals surface area contributed by atoms with E-state index in [0.717, 1.165) is 13.2 Å². The van der Waals surface area contributed by atoms with E-state index in [1.165, 1.54) is 0 Å². The minimum atomic E-state index is -1.72. The molecule has 1 aliphatic heterocycles. The molecule has 0 aromatic carbocycles. The van der Waals surface area contributed by atoms with Gasteiger partial charge in [-0.2, -0.15) is 0 Å².